The Kier molecular flexibility index (Phi) is 5.45. The maximum absolute atomic E-state index is 12.2. The van der Waals surface area contributed by atoms with Gasteiger partial charge in [-0.15, -0.1) is 11.3 Å². The molecule has 7 heteroatoms. The molecule has 1 unspecified atom stereocenters. The van der Waals surface area contributed by atoms with Gasteiger partial charge in [0.2, 0.25) is 5.91 Å². The van der Waals surface area contributed by atoms with Crippen LogP contribution in [0.3, 0.4) is 0 Å². The molecule has 5 nitrogen and oxygen atoms in total. The third-order valence-electron chi connectivity index (χ3n) is 3.71. The summed E-state index contributed by atoms with van der Waals surface area (Å²) in [6, 6.07) is 13.3. The number of thiazole rings is 1. The summed E-state index contributed by atoms with van der Waals surface area (Å²) in [6.07, 6.45) is 0. The fourth-order valence-corrected chi connectivity index (χ4v) is 4.30. The highest BCUT2D eigenvalue weighted by atomic mass is 32.2. The number of hydrogen-bond acceptors (Lipinski definition) is 6. The van der Waals surface area contributed by atoms with Crippen molar-refractivity contribution >= 4 is 44.9 Å². The minimum Gasteiger partial charge on any atom is -0.497 e. The van der Waals surface area contributed by atoms with Crippen LogP contribution < -0.4 is 15.8 Å². The van der Waals surface area contributed by atoms with Crippen molar-refractivity contribution in [3.05, 3.63) is 48.0 Å². The first-order valence-corrected chi connectivity index (χ1v) is 9.57. The molecule has 1 heterocycles. The van der Waals surface area contributed by atoms with Crippen molar-refractivity contribution in [1.29, 1.82) is 0 Å². The number of rotatable bonds is 6. The van der Waals surface area contributed by atoms with E-state index in [0.29, 0.717) is 5.75 Å². The highest BCUT2D eigenvalue weighted by Gasteiger charge is 2.12. The molecule has 3 N–H and O–H groups in total. The summed E-state index contributed by atoms with van der Waals surface area (Å²) in [4.78, 5) is 16.7. The molecule has 0 saturated heterocycles. The van der Waals surface area contributed by atoms with Crippen LogP contribution in [0.15, 0.2) is 46.8 Å². The molecule has 0 aliphatic rings. The predicted molar refractivity (Wildman–Crippen MR) is 104 cm³/mol. The lowest BCUT2D eigenvalue weighted by Gasteiger charge is -2.14. The van der Waals surface area contributed by atoms with Crippen molar-refractivity contribution in [2.75, 3.05) is 18.6 Å². The normalized spacial score (nSPS) is 12.1. The number of ether oxygens (including phenoxy) is 1. The molecule has 0 bridgehead atoms. The third-order valence-corrected chi connectivity index (χ3v) is 5.87. The largest absolute Gasteiger partial charge is 0.497 e. The van der Waals surface area contributed by atoms with E-state index in [1.807, 2.05) is 49.4 Å². The molecular weight excluding hydrogens is 354 g/mol. The Bertz CT molecular complexity index is 878. The molecule has 0 fully saturated rings. The van der Waals surface area contributed by atoms with Gasteiger partial charge in [0.1, 0.15) is 5.75 Å². The van der Waals surface area contributed by atoms with E-state index in [2.05, 4.69) is 10.3 Å². The van der Waals surface area contributed by atoms with Gasteiger partial charge in [0.05, 0.1) is 29.1 Å². The van der Waals surface area contributed by atoms with Crippen LogP contribution in [0.4, 0.5) is 5.69 Å². The number of amides is 1. The number of carbonyl (C=O) groups excluding carboxylic acids is 1. The Morgan fingerprint density at radius 3 is 2.80 bits per heavy atom. The van der Waals surface area contributed by atoms with Crippen LogP contribution in [-0.4, -0.2) is 23.8 Å². The number of thioether (sulfide) groups is 1. The molecule has 3 rings (SSSR count). The molecule has 0 saturated carbocycles. The molecule has 3 aromatic rings. The first kappa shape index (κ1) is 17.6. The number of nitrogens with zero attached hydrogens (tertiary/aromatic N) is 1. The van der Waals surface area contributed by atoms with E-state index >= 15 is 0 Å². The number of benzene rings is 2. The molecule has 1 atom stereocenters. The molecule has 1 amide bonds. The molecule has 0 radical (unpaired) electrons. The van der Waals surface area contributed by atoms with Gasteiger partial charge < -0.3 is 15.8 Å². The summed E-state index contributed by atoms with van der Waals surface area (Å²) in [7, 11) is 1.63. The van der Waals surface area contributed by atoms with Crippen LogP contribution in [0, 0.1) is 0 Å². The number of nitrogens with one attached hydrogen (secondary N) is 1. The van der Waals surface area contributed by atoms with Crippen molar-refractivity contribution in [1.82, 2.24) is 10.3 Å². The fraction of sp³-hybridized carbons (Fsp3) is 0.222. The van der Waals surface area contributed by atoms with Crippen molar-refractivity contribution in [3.8, 4) is 5.75 Å². The Hall–Kier alpha value is -2.25. The maximum atomic E-state index is 12.2. The summed E-state index contributed by atoms with van der Waals surface area (Å²) in [5.74, 6) is 1.11. The first-order valence-electron chi connectivity index (χ1n) is 7.77. The number of fused-ring (bicyclic) bond motifs is 1. The zero-order valence-electron chi connectivity index (χ0n) is 14.0. The quantitative estimate of drug-likeness (QED) is 0.507. The Labute approximate surface area is 154 Å². The van der Waals surface area contributed by atoms with Crippen molar-refractivity contribution < 1.29 is 9.53 Å². The number of nitrogen functional groups attached to an aromatic ring is 1. The number of nitrogens with two attached hydrogens (primary N) is 1. The predicted octanol–water partition coefficient (Wildman–Crippen LogP) is 3.86. The molecule has 25 heavy (non-hydrogen) atoms. The number of aromatic nitrogens is 1. The van der Waals surface area contributed by atoms with E-state index in [4.69, 9.17) is 10.5 Å². The summed E-state index contributed by atoms with van der Waals surface area (Å²) in [5.41, 5.74) is 8.45. The average Bonchev–Trinajstić information content (AvgIpc) is 3.02. The summed E-state index contributed by atoms with van der Waals surface area (Å²) < 4.78 is 7.05. The molecule has 0 aliphatic carbocycles. The molecule has 2 aromatic carbocycles. The summed E-state index contributed by atoms with van der Waals surface area (Å²) >= 11 is 2.99. The number of carbonyl (C=O) groups is 1. The van der Waals surface area contributed by atoms with Crippen LogP contribution in [0.2, 0.25) is 0 Å². The lowest BCUT2D eigenvalue weighted by molar-refractivity contribution is -0.119. The molecule has 1 aromatic heterocycles. The van der Waals surface area contributed by atoms with Gasteiger partial charge >= 0.3 is 0 Å². The standard InChI is InChI=1S/C18H19N3O2S2/c1-11(12-3-6-14(23-2)7-4-12)20-17(22)10-24-18-21-15-8-5-13(19)9-16(15)25-18/h3-9,11H,10,19H2,1-2H3,(H,20,22). The third kappa shape index (κ3) is 4.43. The second-order valence-electron chi connectivity index (χ2n) is 5.56. The fourth-order valence-electron chi connectivity index (χ4n) is 2.37. The zero-order chi connectivity index (χ0) is 17.8. The van der Waals surface area contributed by atoms with E-state index in [-0.39, 0.29) is 11.9 Å². The van der Waals surface area contributed by atoms with E-state index in [0.717, 1.165) is 31.6 Å². The van der Waals surface area contributed by atoms with Crippen molar-refractivity contribution in [2.45, 2.75) is 17.3 Å². The number of methoxy groups -OCH3 is 1. The molecule has 130 valence electrons. The van der Waals surface area contributed by atoms with Crippen LogP contribution in [-0.2, 0) is 4.79 Å². The smallest absolute Gasteiger partial charge is 0.230 e. The van der Waals surface area contributed by atoms with Crippen LogP contribution >= 0.6 is 23.1 Å². The Morgan fingerprint density at radius 1 is 1.32 bits per heavy atom. The van der Waals surface area contributed by atoms with Crippen LogP contribution in [0.1, 0.15) is 18.5 Å². The monoisotopic (exact) mass is 373 g/mol. The Balaban J connectivity index is 1.55. The Morgan fingerprint density at radius 2 is 2.08 bits per heavy atom. The molecule has 0 spiro atoms. The van der Waals surface area contributed by atoms with Gasteiger partial charge in [-0.25, -0.2) is 4.98 Å². The zero-order valence-corrected chi connectivity index (χ0v) is 15.6. The van der Waals surface area contributed by atoms with E-state index in [1.54, 1.807) is 18.4 Å². The van der Waals surface area contributed by atoms with Gasteiger partial charge in [0.25, 0.3) is 0 Å². The lowest BCUT2D eigenvalue weighted by atomic mass is 10.1. The van der Waals surface area contributed by atoms with Gasteiger partial charge in [-0.1, -0.05) is 23.9 Å². The van der Waals surface area contributed by atoms with Crippen molar-refractivity contribution in [2.24, 2.45) is 0 Å². The second-order valence-corrected chi connectivity index (χ2v) is 7.81. The summed E-state index contributed by atoms with van der Waals surface area (Å²) in [6.45, 7) is 1.96. The van der Waals surface area contributed by atoms with Crippen LogP contribution in [0.25, 0.3) is 10.2 Å². The maximum Gasteiger partial charge on any atom is 0.230 e. The topological polar surface area (TPSA) is 77.2 Å². The van der Waals surface area contributed by atoms with Crippen LogP contribution in [0.5, 0.6) is 5.75 Å². The molecule has 0 aliphatic heterocycles. The lowest BCUT2D eigenvalue weighted by Crippen LogP contribution is -2.28. The molecular formula is C18H19N3O2S2. The van der Waals surface area contributed by atoms with Crippen molar-refractivity contribution in [3.63, 3.8) is 0 Å². The SMILES string of the molecule is COc1ccc(C(C)NC(=O)CSc2nc3ccc(N)cc3s2)cc1. The summed E-state index contributed by atoms with van der Waals surface area (Å²) in [5, 5.41) is 3.00. The van der Waals surface area contributed by atoms with Gasteiger partial charge in [0, 0.05) is 5.69 Å². The first-order chi connectivity index (χ1) is 12.0. The van der Waals surface area contributed by atoms with E-state index < -0.39 is 0 Å². The highest BCUT2D eigenvalue weighted by Crippen LogP contribution is 2.30. The van der Waals surface area contributed by atoms with E-state index in [9.17, 15) is 4.79 Å². The van der Waals surface area contributed by atoms with Gasteiger partial charge in [-0.05, 0) is 42.8 Å². The minimum atomic E-state index is -0.0610. The van der Waals surface area contributed by atoms with Gasteiger partial charge in [-0.2, -0.15) is 0 Å². The highest BCUT2D eigenvalue weighted by molar-refractivity contribution is 8.01. The van der Waals surface area contributed by atoms with E-state index in [1.165, 1.54) is 11.8 Å². The van der Waals surface area contributed by atoms with Gasteiger partial charge in [0.15, 0.2) is 4.34 Å². The number of hydrogen-bond donors (Lipinski definition) is 2. The average molecular weight is 374 g/mol. The minimum absolute atomic E-state index is 0.0212. The second kappa shape index (κ2) is 7.76. The van der Waals surface area contributed by atoms with Gasteiger partial charge in [-0.3, -0.25) is 4.79 Å². The number of anilines is 1.